The smallest absolute Gasteiger partial charge is 0.141 e. The molecule has 1 unspecified atom stereocenters. The Balaban J connectivity index is 1.78. The number of carbonyl (C=O) groups excluding carboxylic acids is 1. The predicted molar refractivity (Wildman–Crippen MR) is 71.7 cm³/mol. The first-order chi connectivity index (χ1) is 8.47. The third kappa shape index (κ3) is 3.53. The molecule has 2 aliphatic heterocycles. The van der Waals surface area contributed by atoms with Crippen molar-refractivity contribution in [2.24, 2.45) is 5.92 Å². The Labute approximate surface area is 110 Å². The third-order valence-electron chi connectivity index (χ3n) is 4.07. The number of ether oxygens (including phenoxy) is 1. The van der Waals surface area contributed by atoms with Gasteiger partial charge in [0.2, 0.25) is 0 Å². The van der Waals surface area contributed by atoms with Crippen molar-refractivity contribution in [1.29, 1.82) is 0 Å². The summed E-state index contributed by atoms with van der Waals surface area (Å²) in [5.74, 6) is 0.499. The van der Waals surface area contributed by atoms with Gasteiger partial charge in [-0.2, -0.15) is 0 Å². The molecule has 0 spiro atoms. The fraction of sp³-hybridized carbons (Fsp3) is 0.929. The molecule has 104 valence electrons. The molecule has 0 aromatic heterocycles. The Morgan fingerprint density at radius 3 is 2.44 bits per heavy atom. The van der Waals surface area contributed by atoms with E-state index < -0.39 is 0 Å². The van der Waals surface area contributed by atoms with E-state index in [0.717, 1.165) is 32.7 Å². The Morgan fingerprint density at radius 2 is 1.89 bits per heavy atom. The molecule has 4 heteroatoms. The lowest BCUT2D eigenvalue weighted by Gasteiger charge is -2.43. The molecular weight excluding hydrogens is 228 g/mol. The van der Waals surface area contributed by atoms with Gasteiger partial charge in [0.05, 0.1) is 19.1 Å². The molecule has 2 rings (SSSR count). The summed E-state index contributed by atoms with van der Waals surface area (Å²) in [6.45, 7) is 13.3. The lowest BCUT2D eigenvalue weighted by atomic mass is 9.99. The van der Waals surface area contributed by atoms with Gasteiger partial charge < -0.3 is 4.74 Å². The van der Waals surface area contributed by atoms with Crippen molar-refractivity contribution in [3.8, 4) is 0 Å². The summed E-state index contributed by atoms with van der Waals surface area (Å²) in [5.41, 5.74) is 0.260. The van der Waals surface area contributed by atoms with Crippen molar-refractivity contribution < 1.29 is 9.53 Å². The minimum Gasteiger partial charge on any atom is -0.380 e. The van der Waals surface area contributed by atoms with Crippen molar-refractivity contribution >= 4 is 5.78 Å². The Hall–Kier alpha value is -0.450. The molecule has 0 aliphatic carbocycles. The SMILES string of the molecule is CC(C)(C)N1CCN(CC2COCCC2=O)CC1. The van der Waals surface area contributed by atoms with Gasteiger partial charge >= 0.3 is 0 Å². The van der Waals surface area contributed by atoms with Crippen molar-refractivity contribution in [2.45, 2.75) is 32.7 Å². The standard InChI is InChI=1S/C14H26N2O2/c1-14(2,3)16-7-5-15(6-8-16)10-12-11-18-9-4-13(12)17/h12H,4-11H2,1-3H3. The molecular formula is C14H26N2O2. The highest BCUT2D eigenvalue weighted by Crippen LogP contribution is 2.18. The van der Waals surface area contributed by atoms with E-state index in [2.05, 4.69) is 30.6 Å². The summed E-state index contributed by atoms with van der Waals surface area (Å²) in [4.78, 5) is 16.7. The minimum atomic E-state index is 0.111. The highest BCUT2D eigenvalue weighted by molar-refractivity contribution is 5.82. The molecule has 0 bridgehead atoms. The van der Waals surface area contributed by atoms with Crippen molar-refractivity contribution in [3.05, 3.63) is 0 Å². The van der Waals surface area contributed by atoms with Crippen LogP contribution in [-0.2, 0) is 9.53 Å². The van der Waals surface area contributed by atoms with Crippen LogP contribution in [0.25, 0.3) is 0 Å². The molecule has 0 aromatic carbocycles. The van der Waals surface area contributed by atoms with Crippen LogP contribution >= 0.6 is 0 Å². The molecule has 18 heavy (non-hydrogen) atoms. The number of carbonyl (C=O) groups is 1. The van der Waals surface area contributed by atoms with Gasteiger partial charge in [-0.3, -0.25) is 14.6 Å². The van der Waals surface area contributed by atoms with Crippen molar-refractivity contribution in [3.63, 3.8) is 0 Å². The minimum absolute atomic E-state index is 0.111. The lowest BCUT2D eigenvalue weighted by molar-refractivity contribution is -0.131. The molecule has 4 nitrogen and oxygen atoms in total. The van der Waals surface area contributed by atoms with E-state index in [9.17, 15) is 4.79 Å². The van der Waals surface area contributed by atoms with Gasteiger partial charge in [-0.05, 0) is 20.8 Å². The molecule has 1 atom stereocenters. The number of nitrogens with zero attached hydrogens (tertiary/aromatic N) is 2. The van der Waals surface area contributed by atoms with E-state index in [1.807, 2.05) is 0 Å². The summed E-state index contributed by atoms with van der Waals surface area (Å²) in [5, 5.41) is 0. The van der Waals surface area contributed by atoms with Crippen LogP contribution in [-0.4, -0.2) is 67.1 Å². The molecule has 2 aliphatic rings. The first-order valence-electron chi connectivity index (χ1n) is 7.04. The molecule has 0 radical (unpaired) electrons. The second-order valence-electron chi connectivity index (χ2n) is 6.45. The zero-order chi connectivity index (χ0) is 13.2. The molecule has 0 N–H and O–H groups in total. The van der Waals surface area contributed by atoms with Crippen LogP contribution in [0.15, 0.2) is 0 Å². The normalized spacial score (nSPS) is 28.6. The van der Waals surface area contributed by atoms with Crippen LogP contribution in [0.4, 0.5) is 0 Å². The zero-order valence-corrected chi connectivity index (χ0v) is 11.9. The van der Waals surface area contributed by atoms with E-state index in [4.69, 9.17) is 4.74 Å². The number of Topliss-reactive ketones (excluding diaryl/α,β-unsaturated/α-hetero) is 1. The van der Waals surface area contributed by atoms with Gasteiger partial charge in [-0.25, -0.2) is 0 Å². The first kappa shape index (κ1) is 14.0. The number of piperazine rings is 1. The quantitative estimate of drug-likeness (QED) is 0.736. The fourth-order valence-electron chi connectivity index (χ4n) is 2.76. The van der Waals surface area contributed by atoms with Gasteiger partial charge in [0.15, 0.2) is 0 Å². The summed E-state index contributed by atoms with van der Waals surface area (Å²) < 4.78 is 5.41. The van der Waals surface area contributed by atoms with Crippen LogP contribution in [0.5, 0.6) is 0 Å². The third-order valence-corrected chi connectivity index (χ3v) is 4.07. The van der Waals surface area contributed by atoms with E-state index in [1.165, 1.54) is 0 Å². The van der Waals surface area contributed by atoms with E-state index in [0.29, 0.717) is 25.4 Å². The predicted octanol–water partition coefficient (Wildman–Crippen LogP) is 1.01. The number of ketones is 1. The summed E-state index contributed by atoms with van der Waals surface area (Å²) in [7, 11) is 0. The van der Waals surface area contributed by atoms with Gasteiger partial charge in [-0.1, -0.05) is 0 Å². The van der Waals surface area contributed by atoms with Crippen LogP contribution in [0, 0.1) is 5.92 Å². The largest absolute Gasteiger partial charge is 0.380 e. The second kappa shape index (κ2) is 5.68. The van der Waals surface area contributed by atoms with Crippen LogP contribution in [0.1, 0.15) is 27.2 Å². The second-order valence-corrected chi connectivity index (χ2v) is 6.45. The molecule has 2 heterocycles. The average Bonchev–Trinajstić information content (AvgIpc) is 2.32. The topological polar surface area (TPSA) is 32.8 Å². The maximum Gasteiger partial charge on any atom is 0.141 e. The van der Waals surface area contributed by atoms with Crippen LogP contribution in [0.2, 0.25) is 0 Å². The van der Waals surface area contributed by atoms with Gasteiger partial charge in [-0.15, -0.1) is 0 Å². The van der Waals surface area contributed by atoms with Gasteiger partial charge in [0.25, 0.3) is 0 Å². The number of hydrogen-bond acceptors (Lipinski definition) is 4. The highest BCUT2D eigenvalue weighted by Gasteiger charge is 2.29. The maximum absolute atomic E-state index is 11.8. The zero-order valence-electron chi connectivity index (χ0n) is 11.9. The van der Waals surface area contributed by atoms with Gasteiger partial charge in [0.1, 0.15) is 5.78 Å². The molecule has 0 aromatic rings. The molecule has 0 saturated carbocycles. The lowest BCUT2D eigenvalue weighted by Crippen LogP contribution is -2.54. The average molecular weight is 254 g/mol. The first-order valence-corrected chi connectivity index (χ1v) is 7.04. The van der Waals surface area contributed by atoms with E-state index in [-0.39, 0.29) is 11.5 Å². The Bertz CT molecular complexity index is 291. The van der Waals surface area contributed by atoms with Crippen molar-refractivity contribution in [1.82, 2.24) is 9.80 Å². The van der Waals surface area contributed by atoms with E-state index in [1.54, 1.807) is 0 Å². The summed E-state index contributed by atoms with van der Waals surface area (Å²) in [6.07, 6.45) is 0.604. The molecule has 2 fully saturated rings. The van der Waals surface area contributed by atoms with Crippen LogP contribution in [0.3, 0.4) is 0 Å². The van der Waals surface area contributed by atoms with Crippen molar-refractivity contribution in [2.75, 3.05) is 45.9 Å². The number of rotatable bonds is 2. The maximum atomic E-state index is 11.8. The molecule has 0 amide bonds. The number of hydrogen-bond donors (Lipinski definition) is 0. The summed E-state index contributed by atoms with van der Waals surface area (Å²) in [6, 6.07) is 0. The highest BCUT2D eigenvalue weighted by atomic mass is 16.5. The fourth-order valence-corrected chi connectivity index (χ4v) is 2.76. The Kier molecular flexibility index (Phi) is 4.41. The Morgan fingerprint density at radius 1 is 1.22 bits per heavy atom. The summed E-state index contributed by atoms with van der Waals surface area (Å²) >= 11 is 0. The monoisotopic (exact) mass is 254 g/mol. The van der Waals surface area contributed by atoms with E-state index >= 15 is 0 Å². The van der Waals surface area contributed by atoms with Gasteiger partial charge in [0, 0.05) is 44.7 Å². The molecule has 2 saturated heterocycles. The van der Waals surface area contributed by atoms with Crippen LogP contribution < -0.4 is 0 Å².